The van der Waals surface area contributed by atoms with E-state index in [0.29, 0.717) is 0 Å². The Morgan fingerprint density at radius 1 is 1.43 bits per heavy atom. The zero-order chi connectivity index (χ0) is 10.2. The number of rotatable bonds is 7. The second-order valence-electron chi connectivity index (χ2n) is 4.16. The van der Waals surface area contributed by atoms with Crippen molar-refractivity contribution in [3.05, 3.63) is 0 Å². The molecule has 0 bridgehead atoms. The monoisotopic (exact) mass is 200 g/mol. The third-order valence-electron chi connectivity index (χ3n) is 2.90. The zero-order valence-corrected chi connectivity index (χ0v) is 9.37. The lowest BCUT2D eigenvalue weighted by Gasteiger charge is -2.15. The van der Waals surface area contributed by atoms with Gasteiger partial charge in [-0.2, -0.15) is 0 Å². The van der Waals surface area contributed by atoms with Crippen LogP contribution in [-0.4, -0.2) is 44.3 Å². The molecular formula is C11H24N2O. The summed E-state index contributed by atoms with van der Waals surface area (Å²) in [6.07, 6.45) is 3.68. The maximum atomic E-state index is 5.63. The van der Waals surface area contributed by atoms with Crippen LogP contribution in [0.1, 0.15) is 26.2 Å². The molecule has 0 aromatic carbocycles. The van der Waals surface area contributed by atoms with Gasteiger partial charge < -0.3 is 15.4 Å². The van der Waals surface area contributed by atoms with Gasteiger partial charge in [0, 0.05) is 19.7 Å². The van der Waals surface area contributed by atoms with E-state index in [4.69, 9.17) is 10.5 Å². The van der Waals surface area contributed by atoms with E-state index >= 15 is 0 Å². The second kappa shape index (κ2) is 7.21. The number of nitrogens with two attached hydrogens (primary N) is 1. The van der Waals surface area contributed by atoms with Crippen LogP contribution in [-0.2, 0) is 4.74 Å². The Labute approximate surface area is 87.6 Å². The molecule has 14 heavy (non-hydrogen) atoms. The summed E-state index contributed by atoms with van der Waals surface area (Å²) in [7, 11) is 0. The molecule has 1 aliphatic rings. The Kier molecular flexibility index (Phi) is 6.15. The van der Waals surface area contributed by atoms with Gasteiger partial charge in [0.2, 0.25) is 0 Å². The van der Waals surface area contributed by atoms with Crippen molar-refractivity contribution < 1.29 is 4.74 Å². The molecule has 3 nitrogen and oxygen atoms in total. The lowest BCUT2D eigenvalue weighted by atomic mass is 10.1. The molecule has 3 heteroatoms. The molecule has 1 heterocycles. The highest BCUT2D eigenvalue weighted by Gasteiger charge is 2.20. The lowest BCUT2D eigenvalue weighted by molar-refractivity contribution is 0.108. The standard InChI is InChI=1S/C11H24N2O/c1-2-3-7-14-8-6-13-5-4-11(9-12)10-13/h11H,2-10,12H2,1H3. The summed E-state index contributed by atoms with van der Waals surface area (Å²) in [6, 6.07) is 0. The van der Waals surface area contributed by atoms with Crippen LogP contribution in [0.25, 0.3) is 0 Å². The molecule has 1 atom stereocenters. The molecule has 0 radical (unpaired) electrons. The van der Waals surface area contributed by atoms with Gasteiger partial charge in [-0.05, 0) is 31.8 Å². The molecule has 84 valence electrons. The fourth-order valence-electron chi connectivity index (χ4n) is 1.85. The fourth-order valence-corrected chi connectivity index (χ4v) is 1.85. The number of hydrogen-bond acceptors (Lipinski definition) is 3. The van der Waals surface area contributed by atoms with E-state index in [1.165, 1.54) is 32.4 Å². The van der Waals surface area contributed by atoms with Crippen molar-refractivity contribution in [2.24, 2.45) is 11.7 Å². The molecule has 1 rings (SSSR count). The van der Waals surface area contributed by atoms with Crippen LogP contribution in [0, 0.1) is 5.92 Å². The van der Waals surface area contributed by atoms with Crippen molar-refractivity contribution in [2.45, 2.75) is 26.2 Å². The molecule has 0 aliphatic carbocycles. The summed E-state index contributed by atoms with van der Waals surface area (Å²) in [5, 5.41) is 0. The van der Waals surface area contributed by atoms with Gasteiger partial charge >= 0.3 is 0 Å². The lowest BCUT2D eigenvalue weighted by Crippen LogP contribution is -2.26. The summed E-state index contributed by atoms with van der Waals surface area (Å²) >= 11 is 0. The van der Waals surface area contributed by atoms with Gasteiger partial charge in [0.05, 0.1) is 6.61 Å². The van der Waals surface area contributed by atoms with E-state index in [2.05, 4.69) is 11.8 Å². The molecule has 0 saturated carbocycles. The number of nitrogens with zero attached hydrogens (tertiary/aromatic N) is 1. The van der Waals surface area contributed by atoms with E-state index in [1.54, 1.807) is 0 Å². The predicted molar refractivity (Wildman–Crippen MR) is 59.3 cm³/mol. The van der Waals surface area contributed by atoms with Gasteiger partial charge in [0.1, 0.15) is 0 Å². The Morgan fingerprint density at radius 3 is 2.93 bits per heavy atom. The molecule has 1 aliphatic heterocycles. The molecule has 0 aromatic rings. The van der Waals surface area contributed by atoms with Crippen molar-refractivity contribution in [2.75, 3.05) is 39.4 Å². The number of likely N-dealkylation sites (tertiary alicyclic amines) is 1. The van der Waals surface area contributed by atoms with Crippen molar-refractivity contribution in [3.8, 4) is 0 Å². The topological polar surface area (TPSA) is 38.5 Å². The summed E-state index contributed by atoms with van der Waals surface area (Å²) in [6.45, 7) is 8.30. The first-order chi connectivity index (χ1) is 6.86. The smallest absolute Gasteiger partial charge is 0.0593 e. The van der Waals surface area contributed by atoms with Gasteiger partial charge in [-0.25, -0.2) is 0 Å². The van der Waals surface area contributed by atoms with Crippen molar-refractivity contribution in [3.63, 3.8) is 0 Å². The summed E-state index contributed by atoms with van der Waals surface area (Å²) < 4.78 is 5.53. The van der Waals surface area contributed by atoms with Gasteiger partial charge in [0.15, 0.2) is 0 Å². The largest absolute Gasteiger partial charge is 0.380 e. The highest BCUT2D eigenvalue weighted by atomic mass is 16.5. The van der Waals surface area contributed by atoms with Crippen LogP contribution >= 0.6 is 0 Å². The van der Waals surface area contributed by atoms with E-state index in [1.807, 2.05) is 0 Å². The minimum Gasteiger partial charge on any atom is -0.380 e. The molecule has 1 unspecified atom stereocenters. The number of ether oxygens (including phenoxy) is 1. The Balaban J connectivity index is 1.92. The summed E-state index contributed by atoms with van der Waals surface area (Å²) in [4.78, 5) is 2.46. The minimum atomic E-state index is 0.727. The Hall–Kier alpha value is -0.120. The highest BCUT2D eigenvalue weighted by Crippen LogP contribution is 2.13. The maximum absolute atomic E-state index is 5.63. The van der Waals surface area contributed by atoms with Crippen molar-refractivity contribution in [1.82, 2.24) is 4.90 Å². The van der Waals surface area contributed by atoms with Crippen LogP contribution in [0.2, 0.25) is 0 Å². The predicted octanol–water partition coefficient (Wildman–Crippen LogP) is 1.08. The summed E-state index contributed by atoms with van der Waals surface area (Å²) in [5.74, 6) is 0.727. The zero-order valence-electron chi connectivity index (χ0n) is 9.37. The third kappa shape index (κ3) is 4.40. The average molecular weight is 200 g/mol. The van der Waals surface area contributed by atoms with Crippen molar-refractivity contribution >= 4 is 0 Å². The van der Waals surface area contributed by atoms with E-state index < -0.39 is 0 Å². The third-order valence-corrected chi connectivity index (χ3v) is 2.90. The summed E-state index contributed by atoms with van der Waals surface area (Å²) in [5.41, 5.74) is 5.63. The highest BCUT2D eigenvalue weighted by molar-refractivity contribution is 4.75. The van der Waals surface area contributed by atoms with Crippen LogP contribution in [0.4, 0.5) is 0 Å². The van der Waals surface area contributed by atoms with Gasteiger partial charge in [0.25, 0.3) is 0 Å². The van der Waals surface area contributed by atoms with E-state index in [-0.39, 0.29) is 0 Å². The van der Waals surface area contributed by atoms with Gasteiger partial charge in [-0.15, -0.1) is 0 Å². The number of hydrogen-bond donors (Lipinski definition) is 1. The average Bonchev–Trinajstić information content (AvgIpc) is 2.65. The molecule has 1 saturated heterocycles. The van der Waals surface area contributed by atoms with Crippen LogP contribution < -0.4 is 5.73 Å². The molecule has 0 amide bonds. The maximum Gasteiger partial charge on any atom is 0.0593 e. The van der Waals surface area contributed by atoms with Gasteiger partial charge in [-0.1, -0.05) is 13.3 Å². The molecule has 2 N–H and O–H groups in total. The quantitative estimate of drug-likeness (QED) is 0.625. The van der Waals surface area contributed by atoms with Crippen LogP contribution in [0.5, 0.6) is 0 Å². The van der Waals surface area contributed by atoms with Crippen LogP contribution in [0.3, 0.4) is 0 Å². The first-order valence-electron chi connectivity index (χ1n) is 5.87. The molecule has 1 fully saturated rings. The Morgan fingerprint density at radius 2 is 2.29 bits per heavy atom. The minimum absolute atomic E-state index is 0.727. The van der Waals surface area contributed by atoms with Gasteiger partial charge in [-0.3, -0.25) is 0 Å². The Bertz CT molecular complexity index is 141. The molecule has 0 aromatic heterocycles. The van der Waals surface area contributed by atoms with Crippen LogP contribution in [0.15, 0.2) is 0 Å². The van der Waals surface area contributed by atoms with E-state index in [9.17, 15) is 0 Å². The number of unbranched alkanes of at least 4 members (excludes halogenated alkanes) is 1. The first kappa shape index (κ1) is 12.0. The van der Waals surface area contributed by atoms with Crippen molar-refractivity contribution in [1.29, 1.82) is 0 Å². The SMILES string of the molecule is CCCCOCCN1CCC(CN)C1. The van der Waals surface area contributed by atoms with E-state index in [0.717, 1.165) is 32.2 Å². The fraction of sp³-hybridized carbons (Fsp3) is 1.00. The molecular weight excluding hydrogens is 176 g/mol. The first-order valence-corrected chi connectivity index (χ1v) is 5.87. The molecule has 0 spiro atoms. The second-order valence-corrected chi connectivity index (χ2v) is 4.16. The normalized spacial score (nSPS) is 23.1.